The molecule has 0 saturated carbocycles. The molecule has 2 fully saturated rings. The van der Waals surface area contributed by atoms with E-state index in [9.17, 15) is 14.7 Å². The number of amides is 2. The second kappa shape index (κ2) is 5.61. The van der Waals surface area contributed by atoms with E-state index in [1.807, 2.05) is 30.3 Å². The zero-order valence-corrected chi connectivity index (χ0v) is 13.9. The molecule has 2 amide bonds. The fourth-order valence-corrected chi connectivity index (χ4v) is 3.59. The van der Waals surface area contributed by atoms with Crippen molar-refractivity contribution in [2.45, 2.75) is 12.1 Å². The van der Waals surface area contributed by atoms with Gasteiger partial charge in [0.15, 0.2) is 6.10 Å². The van der Waals surface area contributed by atoms with Crippen LogP contribution in [-0.2, 0) is 14.4 Å². The first kappa shape index (κ1) is 15.2. The average Bonchev–Trinajstić information content (AvgIpc) is 3.09. The van der Waals surface area contributed by atoms with Gasteiger partial charge in [-0.1, -0.05) is 34.1 Å². The van der Waals surface area contributed by atoms with Gasteiger partial charge in [0.25, 0.3) is 5.91 Å². The summed E-state index contributed by atoms with van der Waals surface area (Å²) >= 11 is 3.38. The zero-order chi connectivity index (χ0) is 16.8. The Morgan fingerprint density at radius 3 is 2.58 bits per heavy atom. The van der Waals surface area contributed by atoms with Gasteiger partial charge < -0.3 is 5.11 Å². The topological polar surface area (TPSA) is 78.9 Å². The molecule has 7 heteroatoms. The summed E-state index contributed by atoms with van der Waals surface area (Å²) in [7, 11) is 0. The van der Waals surface area contributed by atoms with Gasteiger partial charge in [-0.05, 0) is 30.3 Å². The molecule has 6 nitrogen and oxygen atoms in total. The van der Waals surface area contributed by atoms with Crippen LogP contribution in [-0.4, -0.2) is 23.0 Å². The third-order valence-corrected chi connectivity index (χ3v) is 4.77. The second-order valence-electron chi connectivity index (χ2n) is 5.71. The number of nitrogens with one attached hydrogen (secondary N) is 1. The molecule has 2 aromatic carbocycles. The standard InChI is InChI=1S/C17H13BrN2O4/c18-9-6-7-12(21)11(8-9)14-13-15(17(23)19-16(13)22)24-20(14)10-4-2-1-3-5-10/h1-8,13-15,21H,(H,19,22,23). The first-order chi connectivity index (χ1) is 11.6. The van der Waals surface area contributed by atoms with Crippen LogP contribution in [0.5, 0.6) is 5.75 Å². The summed E-state index contributed by atoms with van der Waals surface area (Å²) in [6.07, 6.45) is -0.902. The molecule has 24 heavy (non-hydrogen) atoms. The summed E-state index contributed by atoms with van der Waals surface area (Å²) in [5.74, 6) is -1.53. The highest BCUT2D eigenvalue weighted by Crippen LogP contribution is 2.47. The van der Waals surface area contributed by atoms with E-state index in [1.54, 1.807) is 18.2 Å². The van der Waals surface area contributed by atoms with Gasteiger partial charge in [0.05, 0.1) is 11.7 Å². The highest BCUT2D eigenvalue weighted by Gasteiger charge is 2.57. The van der Waals surface area contributed by atoms with E-state index in [4.69, 9.17) is 4.84 Å². The number of halogens is 1. The Morgan fingerprint density at radius 2 is 1.83 bits per heavy atom. The number of aromatic hydroxyl groups is 1. The molecule has 3 atom stereocenters. The minimum atomic E-state index is -0.902. The van der Waals surface area contributed by atoms with Crippen molar-refractivity contribution in [3.63, 3.8) is 0 Å². The summed E-state index contributed by atoms with van der Waals surface area (Å²) < 4.78 is 0.761. The van der Waals surface area contributed by atoms with E-state index in [0.717, 1.165) is 4.47 Å². The van der Waals surface area contributed by atoms with Crippen LogP contribution in [0.1, 0.15) is 11.6 Å². The lowest BCUT2D eigenvalue weighted by Gasteiger charge is -2.27. The first-order valence-corrected chi connectivity index (χ1v) is 8.20. The molecule has 2 heterocycles. The fourth-order valence-electron chi connectivity index (χ4n) is 3.21. The smallest absolute Gasteiger partial charge is 0.259 e. The normalized spacial score (nSPS) is 25.7. The number of rotatable bonds is 2. The number of phenolic OH excluding ortho intramolecular Hbond substituents is 1. The maximum Gasteiger partial charge on any atom is 0.259 e. The molecule has 0 radical (unpaired) electrons. The Hall–Kier alpha value is -2.38. The van der Waals surface area contributed by atoms with Gasteiger partial charge in [0.1, 0.15) is 11.7 Å². The zero-order valence-electron chi connectivity index (χ0n) is 12.3. The average molecular weight is 389 g/mol. The van der Waals surface area contributed by atoms with Gasteiger partial charge in [0.2, 0.25) is 5.91 Å². The van der Waals surface area contributed by atoms with Crippen LogP contribution < -0.4 is 10.4 Å². The summed E-state index contributed by atoms with van der Waals surface area (Å²) in [5, 5.41) is 14.1. The van der Waals surface area contributed by atoms with Crippen LogP contribution in [0, 0.1) is 5.92 Å². The Morgan fingerprint density at radius 1 is 1.08 bits per heavy atom. The SMILES string of the molecule is O=C1NC(=O)C2C1ON(c1ccccc1)C2c1cc(Br)ccc1O. The van der Waals surface area contributed by atoms with Crippen molar-refractivity contribution >= 4 is 33.4 Å². The molecule has 2 aliphatic rings. The van der Waals surface area contributed by atoms with Crippen molar-refractivity contribution in [2.75, 3.05) is 5.06 Å². The van der Waals surface area contributed by atoms with Crippen molar-refractivity contribution < 1.29 is 19.5 Å². The number of hydroxylamine groups is 1. The molecule has 0 bridgehead atoms. The van der Waals surface area contributed by atoms with E-state index < -0.39 is 29.9 Å². The molecule has 2 saturated heterocycles. The van der Waals surface area contributed by atoms with Crippen molar-refractivity contribution in [2.24, 2.45) is 5.92 Å². The first-order valence-electron chi connectivity index (χ1n) is 7.40. The number of imide groups is 1. The predicted octanol–water partition coefficient (Wildman–Crippen LogP) is 2.29. The van der Waals surface area contributed by atoms with E-state index >= 15 is 0 Å². The summed E-state index contributed by atoms with van der Waals surface area (Å²) in [6, 6.07) is 13.6. The molecule has 2 aromatic rings. The molecular formula is C17H13BrN2O4. The number of hydrogen-bond acceptors (Lipinski definition) is 5. The number of nitrogens with zero attached hydrogens (tertiary/aromatic N) is 1. The number of phenols is 1. The summed E-state index contributed by atoms with van der Waals surface area (Å²) in [6.45, 7) is 0. The predicted molar refractivity (Wildman–Crippen MR) is 89.0 cm³/mol. The molecule has 0 aliphatic carbocycles. The van der Waals surface area contributed by atoms with E-state index in [1.165, 1.54) is 5.06 Å². The molecular weight excluding hydrogens is 376 g/mol. The van der Waals surface area contributed by atoms with Gasteiger partial charge >= 0.3 is 0 Å². The van der Waals surface area contributed by atoms with Crippen LogP contribution >= 0.6 is 15.9 Å². The number of para-hydroxylation sites is 1. The van der Waals surface area contributed by atoms with E-state index in [0.29, 0.717) is 11.3 Å². The minimum Gasteiger partial charge on any atom is -0.508 e. The number of hydrogen-bond donors (Lipinski definition) is 2. The van der Waals surface area contributed by atoms with Crippen LogP contribution in [0.3, 0.4) is 0 Å². The second-order valence-corrected chi connectivity index (χ2v) is 6.63. The minimum absolute atomic E-state index is 0.0422. The molecule has 2 N–H and O–H groups in total. The Kier molecular flexibility index (Phi) is 3.54. The Labute approximate surface area is 146 Å². The number of fused-ring (bicyclic) bond motifs is 1. The molecule has 2 aliphatic heterocycles. The van der Waals surface area contributed by atoms with Gasteiger partial charge in [-0.3, -0.25) is 19.7 Å². The maximum absolute atomic E-state index is 12.3. The largest absolute Gasteiger partial charge is 0.508 e. The molecule has 4 rings (SSSR count). The van der Waals surface area contributed by atoms with Crippen molar-refractivity contribution in [1.82, 2.24) is 5.32 Å². The van der Waals surface area contributed by atoms with Crippen molar-refractivity contribution in [1.29, 1.82) is 0 Å². The third-order valence-electron chi connectivity index (χ3n) is 4.27. The summed E-state index contributed by atoms with van der Waals surface area (Å²) in [4.78, 5) is 30.1. The highest BCUT2D eigenvalue weighted by atomic mass is 79.9. The molecule has 0 spiro atoms. The lowest BCUT2D eigenvalue weighted by atomic mass is 9.90. The lowest BCUT2D eigenvalue weighted by molar-refractivity contribution is -0.129. The van der Waals surface area contributed by atoms with Gasteiger partial charge in [-0.2, -0.15) is 0 Å². The van der Waals surface area contributed by atoms with Crippen molar-refractivity contribution in [3.8, 4) is 5.75 Å². The van der Waals surface area contributed by atoms with E-state index in [2.05, 4.69) is 21.2 Å². The van der Waals surface area contributed by atoms with Crippen LogP contribution in [0.25, 0.3) is 0 Å². The number of carbonyl (C=O) groups excluding carboxylic acids is 2. The van der Waals surface area contributed by atoms with Gasteiger partial charge in [0, 0.05) is 10.0 Å². The molecule has 3 unspecified atom stereocenters. The van der Waals surface area contributed by atoms with Crippen molar-refractivity contribution in [3.05, 3.63) is 58.6 Å². The van der Waals surface area contributed by atoms with Gasteiger partial charge in [-0.15, -0.1) is 0 Å². The Balaban J connectivity index is 1.86. The number of carbonyl (C=O) groups is 2. The maximum atomic E-state index is 12.3. The third kappa shape index (κ3) is 2.28. The summed E-state index contributed by atoms with van der Waals surface area (Å²) in [5.41, 5.74) is 1.22. The highest BCUT2D eigenvalue weighted by molar-refractivity contribution is 9.10. The fraction of sp³-hybridized carbons (Fsp3) is 0.176. The van der Waals surface area contributed by atoms with Gasteiger partial charge in [-0.25, -0.2) is 5.06 Å². The monoisotopic (exact) mass is 388 g/mol. The molecule has 122 valence electrons. The Bertz CT molecular complexity index is 827. The molecule has 0 aromatic heterocycles. The number of benzene rings is 2. The number of anilines is 1. The van der Waals surface area contributed by atoms with Crippen LogP contribution in [0.4, 0.5) is 5.69 Å². The van der Waals surface area contributed by atoms with E-state index in [-0.39, 0.29) is 5.75 Å². The lowest BCUT2D eigenvalue weighted by Crippen LogP contribution is -2.33. The van der Waals surface area contributed by atoms with Crippen LogP contribution in [0.2, 0.25) is 0 Å². The quantitative estimate of drug-likeness (QED) is 0.771. The van der Waals surface area contributed by atoms with Crippen LogP contribution in [0.15, 0.2) is 53.0 Å².